The van der Waals surface area contributed by atoms with Crippen LogP contribution in [0.3, 0.4) is 0 Å². The van der Waals surface area contributed by atoms with Crippen LogP contribution in [0.15, 0.2) is 53.6 Å². The van der Waals surface area contributed by atoms with Gasteiger partial charge < -0.3 is 14.8 Å². The van der Waals surface area contributed by atoms with E-state index in [1.807, 2.05) is 25.1 Å². The van der Waals surface area contributed by atoms with Crippen LogP contribution in [-0.4, -0.2) is 36.2 Å². The molecule has 0 aliphatic heterocycles. The average molecular weight is 496 g/mol. The molecule has 2 heterocycles. The molecular weight excluding hydrogens is 469 g/mol. The van der Waals surface area contributed by atoms with Crippen LogP contribution < -0.4 is 20.3 Å². The number of ether oxygens (including phenoxy) is 2. The van der Waals surface area contributed by atoms with Crippen LogP contribution in [0, 0.1) is 12.7 Å². The van der Waals surface area contributed by atoms with E-state index in [9.17, 15) is 14.0 Å². The Labute approximate surface area is 206 Å². The monoisotopic (exact) mass is 495 g/mol. The van der Waals surface area contributed by atoms with E-state index in [4.69, 9.17) is 9.47 Å². The lowest BCUT2D eigenvalue weighted by Crippen LogP contribution is -2.36. The molecule has 0 radical (unpaired) electrons. The summed E-state index contributed by atoms with van der Waals surface area (Å²) >= 11 is 1.40. The van der Waals surface area contributed by atoms with Crippen LogP contribution in [-0.2, 0) is 11.2 Å². The molecule has 4 rings (SSSR count). The summed E-state index contributed by atoms with van der Waals surface area (Å²) in [5, 5.41) is 3.33. The number of benzene rings is 2. The van der Waals surface area contributed by atoms with Gasteiger partial charge in [-0.2, -0.15) is 0 Å². The topological polar surface area (TPSA) is 82.5 Å². The van der Waals surface area contributed by atoms with Crippen molar-refractivity contribution in [1.29, 1.82) is 0 Å². The molecule has 0 aliphatic rings. The van der Waals surface area contributed by atoms with Gasteiger partial charge in [0.1, 0.15) is 16.7 Å². The third-order valence-corrected chi connectivity index (χ3v) is 6.92. The van der Waals surface area contributed by atoms with Gasteiger partial charge in [-0.15, -0.1) is 11.3 Å². The Hall–Kier alpha value is -3.72. The fourth-order valence-corrected chi connectivity index (χ4v) is 5.00. The normalized spacial score (nSPS) is 11.9. The van der Waals surface area contributed by atoms with Gasteiger partial charge in [0.05, 0.1) is 25.9 Å². The fourth-order valence-electron chi connectivity index (χ4n) is 4.00. The second-order valence-corrected chi connectivity index (χ2v) is 9.29. The molecule has 182 valence electrons. The molecule has 0 saturated heterocycles. The number of methoxy groups -OCH3 is 2. The summed E-state index contributed by atoms with van der Waals surface area (Å²) in [6.45, 7) is 3.96. The van der Waals surface area contributed by atoms with E-state index < -0.39 is 6.04 Å². The van der Waals surface area contributed by atoms with Gasteiger partial charge in [0, 0.05) is 17.0 Å². The van der Waals surface area contributed by atoms with Crippen LogP contribution in [0.5, 0.6) is 11.5 Å². The minimum Gasteiger partial charge on any atom is -0.493 e. The number of amides is 1. The number of hydrogen-bond donors (Lipinski definition) is 1. The van der Waals surface area contributed by atoms with Crippen molar-refractivity contribution in [2.24, 2.45) is 0 Å². The summed E-state index contributed by atoms with van der Waals surface area (Å²) in [4.78, 5) is 32.2. The molecule has 1 unspecified atom stereocenters. The van der Waals surface area contributed by atoms with Crippen molar-refractivity contribution >= 4 is 27.5 Å². The van der Waals surface area contributed by atoms with Crippen molar-refractivity contribution in [2.75, 3.05) is 20.8 Å². The highest BCUT2D eigenvalue weighted by molar-refractivity contribution is 7.19. The number of rotatable bonds is 8. The Morgan fingerprint density at radius 1 is 1.14 bits per heavy atom. The molecule has 2 aromatic heterocycles. The van der Waals surface area contributed by atoms with Crippen LogP contribution >= 0.6 is 11.3 Å². The number of nitrogens with zero attached hydrogens (tertiary/aromatic N) is 2. The standard InChI is InChI=1S/C26H26FN3O4S/c1-15(24(31)28-12-11-17-5-10-20(33-3)21(13-17)34-4)30-14-29-25-23(26(30)32)22(16(2)35-25)18-6-8-19(27)9-7-18/h5-10,13-15H,11-12H2,1-4H3,(H,28,31). The first-order chi connectivity index (χ1) is 16.8. The summed E-state index contributed by atoms with van der Waals surface area (Å²) in [5.41, 5.74) is 2.13. The fraction of sp³-hybridized carbons (Fsp3) is 0.269. The molecule has 2 aromatic carbocycles. The minimum absolute atomic E-state index is 0.288. The van der Waals surface area contributed by atoms with Crippen molar-refractivity contribution in [1.82, 2.24) is 14.9 Å². The predicted octanol–water partition coefficient (Wildman–Crippen LogP) is 4.51. The molecule has 0 spiro atoms. The molecule has 0 saturated carbocycles. The summed E-state index contributed by atoms with van der Waals surface area (Å²) in [7, 11) is 3.15. The zero-order valence-electron chi connectivity index (χ0n) is 19.9. The average Bonchev–Trinajstić information content (AvgIpc) is 3.20. The number of carbonyl (C=O) groups is 1. The van der Waals surface area contributed by atoms with Gasteiger partial charge in [-0.05, 0) is 55.7 Å². The van der Waals surface area contributed by atoms with Crippen LogP contribution in [0.2, 0.25) is 0 Å². The van der Waals surface area contributed by atoms with E-state index in [2.05, 4.69) is 10.3 Å². The van der Waals surface area contributed by atoms with Crippen molar-refractivity contribution in [3.8, 4) is 22.6 Å². The summed E-state index contributed by atoms with van der Waals surface area (Å²) in [6.07, 6.45) is 2.00. The summed E-state index contributed by atoms with van der Waals surface area (Å²) < 4.78 is 25.3. The van der Waals surface area contributed by atoms with Crippen molar-refractivity contribution in [2.45, 2.75) is 26.3 Å². The highest BCUT2D eigenvalue weighted by atomic mass is 32.1. The molecule has 9 heteroatoms. The number of hydrogen-bond acceptors (Lipinski definition) is 6. The maximum Gasteiger partial charge on any atom is 0.263 e. The van der Waals surface area contributed by atoms with Gasteiger partial charge in [0.25, 0.3) is 5.56 Å². The Kier molecular flexibility index (Phi) is 7.16. The smallest absolute Gasteiger partial charge is 0.263 e. The first-order valence-electron chi connectivity index (χ1n) is 11.1. The van der Waals surface area contributed by atoms with E-state index in [0.29, 0.717) is 34.7 Å². The Balaban J connectivity index is 1.53. The minimum atomic E-state index is -0.758. The molecule has 0 bridgehead atoms. The zero-order valence-corrected chi connectivity index (χ0v) is 20.7. The SMILES string of the molecule is COc1ccc(CCNC(=O)C(C)n2cnc3sc(C)c(-c4ccc(F)cc4)c3c2=O)cc1OC. The lowest BCUT2D eigenvalue weighted by molar-refractivity contribution is -0.123. The second-order valence-electron chi connectivity index (χ2n) is 8.08. The van der Waals surface area contributed by atoms with E-state index in [-0.39, 0.29) is 17.3 Å². The van der Waals surface area contributed by atoms with Gasteiger partial charge in [0.2, 0.25) is 5.91 Å². The van der Waals surface area contributed by atoms with Crippen LogP contribution in [0.1, 0.15) is 23.4 Å². The molecule has 1 N–H and O–H groups in total. The molecule has 35 heavy (non-hydrogen) atoms. The lowest BCUT2D eigenvalue weighted by Gasteiger charge is -2.15. The van der Waals surface area contributed by atoms with Crippen molar-refractivity contribution in [3.05, 3.63) is 75.4 Å². The highest BCUT2D eigenvalue weighted by Crippen LogP contribution is 2.35. The molecule has 4 aromatic rings. The zero-order chi connectivity index (χ0) is 25.1. The largest absolute Gasteiger partial charge is 0.493 e. The van der Waals surface area contributed by atoms with Crippen molar-refractivity contribution < 1.29 is 18.7 Å². The quantitative estimate of drug-likeness (QED) is 0.389. The van der Waals surface area contributed by atoms with Gasteiger partial charge in [-0.25, -0.2) is 9.37 Å². The molecule has 0 aliphatic carbocycles. The first kappa shape index (κ1) is 24.4. The van der Waals surface area contributed by atoms with E-state index in [1.165, 1.54) is 34.4 Å². The third-order valence-electron chi connectivity index (χ3n) is 5.90. The summed E-state index contributed by atoms with van der Waals surface area (Å²) in [6, 6.07) is 10.9. The highest BCUT2D eigenvalue weighted by Gasteiger charge is 2.21. The molecule has 7 nitrogen and oxygen atoms in total. The van der Waals surface area contributed by atoms with E-state index in [0.717, 1.165) is 21.6 Å². The van der Waals surface area contributed by atoms with Gasteiger partial charge in [0.15, 0.2) is 11.5 Å². The van der Waals surface area contributed by atoms with E-state index >= 15 is 0 Å². The predicted molar refractivity (Wildman–Crippen MR) is 135 cm³/mol. The van der Waals surface area contributed by atoms with E-state index in [1.54, 1.807) is 33.3 Å². The molecule has 0 fully saturated rings. The first-order valence-corrected chi connectivity index (χ1v) is 11.9. The number of fused-ring (bicyclic) bond motifs is 1. The maximum absolute atomic E-state index is 13.4. The van der Waals surface area contributed by atoms with Gasteiger partial charge in [-0.1, -0.05) is 18.2 Å². The molecule has 1 atom stereocenters. The number of carbonyl (C=O) groups excluding carboxylic acids is 1. The van der Waals surface area contributed by atoms with Gasteiger partial charge >= 0.3 is 0 Å². The Morgan fingerprint density at radius 2 is 1.86 bits per heavy atom. The number of halogens is 1. The van der Waals surface area contributed by atoms with Gasteiger partial charge in [-0.3, -0.25) is 14.2 Å². The number of aryl methyl sites for hydroxylation is 1. The Morgan fingerprint density at radius 3 is 2.54 bits per heavy atom. The molecular formula is C26H26FN3O4S. The summed E-state index contributed by atoms with van der Waals surface area (Å²) in [5.74, 6) is 0.627. The Bertz CT molecular complexity index is 1430. The number of aromatic nitrogens is 2. The maximum atomic E-state index is 13.4. The molecule has 1 amide bonds. The van der Waals surface area contributed by atoms with Crippen LogP contribution in [0.4, 0.5) is 4.39 Å². The lowest BCUT2D eigenvalue weighted by atomic mass is 10.0. The number of nitrogens with one attached hydrogen (secondary N) is 1. The number of thiophene rings is 1. The van der Waals surface area contributed by atoms with Crippen LogP contribution in [0.25, 0.3) is 21.3 Å². The third kappa shape index (κ3) is 4.90. The second kappa shape index (κ2) is 10.3. The van der Waals surface area contributed by atoms with Crippen molar-refractivity contribution in [3.63, 3.8) is 0 Å².